The normalized spacial score (nSPS) is 20.0. The maximum Gasteiger partial charge on any atom is 0.434 e. The Morgan fingerprint density at radius 2 is 2.00 bits per heavy atom. The van der Waals surface area contributed by atoms with Crippen LogP contribution >= 0.6 is 24.0 Å². The van der Waals surface area contributed by atoms with Crippen LogP contribution in [-0.2, 0) is 6.18 Å². The Labute approximate surface area is 165 Å². The number of aromatic nitrogens is 2. The number of rotatable bonds is 3. The van der Waals surface area contributed by atoms with Gasteiger partial charge in [0.1, 0.15) is 0 Å². The van der Waals surface area contributed by atoms with Crippen molar-refractivity contribution in [3.05, 3.63) is 46.7 Å². The Bertz CT molecular complexity index is 792. The summed E-state index contributed by atoms with van der Waals surface area (Å²) in [5.41, 5.74) is -1.41. The van der Waals surface area contributed by atoms with Crippen LogP contribution in [0.25, 0.3) is 5.69 Å². The van der Waals surface area contributed by atoms with Crippen molar-refractivity contribution < 1.29 is 18.0 Å². The topological polar surface area (TPSA) is 58.9 Å². The minimum absolute atomic E-state index is 0. The number of hydrogen-bond donors (Lipinski definition) is 2. The van der Waals surface area contributed by atoms with Gasteiger partial charge in [0.2, 0.25) is 0 Å². The number of carbonyl (C=O) groups excluding carboxylic acids is 1. The van der Waals surface area contributed by atoms with E-state index in [1.165, 1.54) is 24.3 Å². The lowest BCUT2D eigenvalue weighted by atomic mass is 9.95. The van der Waals surface area contributed by atoms with Gasteiger partial charge < -0.3 is 10.6 Å². The van der Waals surface area contributed by atoms with Crippen molar-refractivity contribution in [2.45, 2.75) is 25.6 Å². The Hall–Kier alpha value is -1.77. The molecule has 1 aliphatic rings. The van der Waals surface area contributed by atoms with Crippen LogP contribution in [0.15, 0.2) is 30.5 Å². The molecule has 3 rings (SSSR count). The van der Waals surface area contributed by atoms with E-state index in [1.807, 2.05) is 6.92 Å². The van der Waals surface area contributed by atoms with Crippen molar-refractivity contribution in [2.75, 3.05) is 13.1 Å². The molecule has 0 aliphatic carbocycles. The lowest BCUT2D eigenvalue weighted by molar-refractivity contribution is -0.143. The molecule has 1 aromatic carbocycles. The first kappa shape index (κ1) is 21.5. The number of halogens is 5. The molecule has 2 aromatic rings. The molecule has 148 valence electrons. The minimum Gasteiger partial charge on any atom is -0.349 e. The summed E-state index contributed by atoms with van der Waals surface area (Å²) in [5.74, 6) is -0.635. The number of nitrogens with one attached hydrogen (secondary N) is 2. The number of piperidine rings is 1. The molecule has 2 N–H and O–H groups in total. The van der Waals surface area contributed by atoms with Gasteiger partial charge in [-0.3, -0.25) is 4.79 Å². The van der Waals surface area contributed by atoms with Gasteiger partial charge in [0.15, 0.2) is 5.69 Å². The molecule has 0 bridgehead atoms. The van der Waals surface area contributed by atoms with E-state index in [2.05, 4.69) is 15.7 Å². The predicted molar refractivity (Wildman–Crippen MR) is 98.7 cm³/mol. The fourth-order valence-corrected chi connectivity index (χ4v) is 3.17. The molecule has 1 aliphatic heterocycles. The van der Waals surface area contributed by atoms with Gasteiger partial charge >= 0.3 is 6.18 Å². The van der Waals surface area contributed by atoms with E-state index in [0.717, 1.165) is 10.9 Å². The molecular formula is C17H19Cl2F3N4O. The molecule has 2 atom stereocenters. The second-order valence-corrected chi connectivity index (χ2v) is 6.78. The predicted octanol–water partition coefficient (Wildman–Crippen LogP) is 3.69. The molecule has 10 heteroatoms. The summed E-state index contributed by atoms with van der Waals surface area (Å²) in [6.07, 6.45) is -3.11. The third-order valence-electron chi connectivity index (χ3n) is 4.46. The zero-order chi connectivity index (χ0) is 18.9. The van der Waals surface area contributed by atoms with E-state index in [-0.39, 0.29) is 30.1 Å². The number of nitrogens with zero attached hydrogens (tertiary/aromatic N) is 2. The molecule has 2 heterocycles. The Balaban J connectivity index is 0.00000261. The second kappa shape index (κ2) is 8.50. The number of benzene rings is 1. The van der Waals surface area contributed by atoms with Gasteiger partial charge in [0.25, 0.3) is 5.91 Å². The van der Waals surface area contributed by atoms with Crippen molar-refractivity contribution in [3.63, 3.8) is 0 Å². The molecule has 27 heavy (non-hydrogen) atoms. The number of carbonyl (C=O) groups is 1. The van der Waals surface area contributed by atoms with Crippen LogP contribution in [0.5, 0.6) is 0 Å². The van der Waals surface area contributed by atoms with Crippen LogP contribution in [0.4, 0.5) is 13.2 Å². The maximum absolute atomic E-state index is 13.6. The lowest BCUT2D eigenvalue weighted by Gasteiger charge is -2.30. The average molecular weight is 423 g/mol. The molecular weight excluding hydrogens is 404 g/mol. The zero-order valence-electron chi connectivity index (χ0n) is 14.4. The first-order chi connectivity index (χ1) is 12.3. The number of amides is 1. The van der Waals surface area contributed by atoms with Crippen LogP contribution in [0.1, 0.15) is 29.4 Å². The highest BCUT2D eigenvalue weighted by molar-refractivity contribution is 6.30. The summed E-state index contributed by atoms with van der Waals surface area (Å²) in [4.78, 5) is 12.5. The third-order valence-corrected chi connectivity index (χ3v) is 4.71. The van der Waals surface area contributed by atoms with Gasteiger partial charge in [-0.15, -0.1) is 12.4 Å². The van der Waals surface area contributed by atoms with Crippen LogP contribution < -0.4 is 10.6 Å². The Morgan fingerprint density at radius 1 is 1.33 bits per heavy atom. The minimum atomic E-state index is -4.73. The highest BCUT2D eigenvalue weighted by Gasteiger charge is 2.41. The Morgan fingerprint density at radius 3 is 2.59 bits per heavy atom. The summed E-state index contributed by atoms with van der Waals surface area (Å²) in [6, 6.07) is 5.59. The molecule has 1 aromatic heterocycles. The first-order valence-corrected chi connectivity index (χ1v) is 8.58. The van der Waals surface area contributed by atoms with E-state index in [4.69, 9.17) is 11.6 Å². The largest absolute Gasteiger partial charge is 0.434 e. The highest BCUT2D eigenvalue weighted by atomic mass is 35.5. The quantitative estimate of drug-likeness (QED) is 0.792. The van der Waals surface area contributed by atoms with Crippen LogP contribution in [0.2, 0.25) is 5.02 Å². The van der Waals surface area contributed by atoms with Crippen molar-refractivity contribution >= 4 is 29.9 Å². The van der Waals surface area contributed by atoms with Crippen LogP contribution in [0.3, 0.4) is 0 Å². The molecule has 2 unspecified atom stereocenters. The summed E-state index contributed by atoms with van der Waals surface area (Å²) in [6.45, 7) is 3.37. The summed E-state index contributed by atoms with van der Waals surface area (Å²) in [7, 11) is 0. The lowest BCUT2D eigenvalue weighted by Crippen LogP contribution is -2.48. The SMILES string of the molecule is CC1CNCCC1NC(=O)c1cnn(-c2ccc(Cl)cc2)c1C(F)(F)F.Cl. The molecule has 5 nitrogen and oxygen atoms in total. The monoisotopic (exact) mass is 422 g/mol. The molecule has 0 spiro atoms. The second-order valence-electron chi connectivity index (χ2n) is 6.34. The summed E-state index contributed by atoms with van der Waals surface area (Å²) < 4.78 is 41.7. The molecule has 0 radical (unpaired) electrons. The van der Waals surface area contributed by atoms with Crippen LogP contribution in [-0.4, -0.2) is 34.8 Å². The summed E-state index contributed by atoms with van der Waals surface area (Å²) >= 11 is 5.79. The maximum atomic E-state index is 13.6. The molecule has 1 amide bonds. The first-order valence-electron chi connectivity index (χ1n) is 8.20. The van der Waals surface area contributed by atoms with Gasteiger partial charge in [-0.25, -0.2) is 4.68 Å². The number of hydrogen-bond acceptors (Lipinski definition) is 3. The van der Waals surface area contributed by atoms with Crippen molar-refractivity contribution in [3.8, 4) is 5.69 Å². The van der Waals surface area contributed by atoms with E-state index in [9.17, 15) is 18.0 Å². The molecule has 0 saturated carbocycles. The van der Waals surface area contributed by atoms with Crippen molar-refractivity contribution in [1.82, 2.24) is 20.4 Å². The van der Waals surface area contributed by atoms with Gasteiger partial charge in [0.05, 0.1) is 17.4 Å². The molecule has 1 fully saturated rings. The summed E-state index contributed by atoms with van der Waals surface area (Å²) in [5, 5.41) is 10.1. The average Bonchev–Trinajstić information content (AvgIpc) is 3.03. The fourth-order valence-electron chi connectivity index (χ4n) is 3.04. The zero-order valence-corrected chi connectivity index (χ0v) is 16.0. The highest BCUT2D eigenvalue weighted by Crippen LogP contribution is 2.34. The van der Waals surface area contributed by atoms with Gasteiger partial charge in [0, 0.05) is 11.1 Å². The van der Waals surface area contributed by atoms with Gasteiger partial charge in [-0.2, -0.15) is 18.3 Å². The number of alkyl halides is 3. The van der Waals surface area contributed by atoms with E-state index in [0.29, 0.717) is 24.5 Å². The van der Waals surface area contributed by atoms with Crippen molar-refractivity contribution in [2.24, 2.45) is 5.92 Å². The van der Waals surface area contributed by atoms with E-state index < -0.39 is 23.3 Å². The smallest absolute Gasteiger partial charge is 0.349 e. The van der Waals surface area contributed by atoms with Crippen LogP contribution in [0, 0.1) is 5.92 Å². The standard InChI is InChI=1S/C17H18ClF3N4O.ClH/c1-10-8-22-7-6-14(10)24-16(26)13-9-23-25(15(13)17(19,20)21)12-4-2-11(18)3-5-12;/h2-5,9-10,14,22H,6-8H2,1H3,(H,24,26);1H. The van der Waals surface area contributed by atoms with Crippen molar-refractivity contribution in [1.29, 1.82) is 0 Å². The van der Waals surface area contributed by atoms with Gasteiger partial charge in [-0.05, 0) is 49.7 Å². The Kier molecular flexibility index (Phi) is 6.77. The fraction of sp³-hybridized carbons (Fsp3) is 0.412. The van der Waals surface area contributed by atoms with E-state index in [1.54, 1.807) is 0 Å². The van der Waals surface area contributed by atoms with Gasteiger partial charge in [-0.1, -0.05) is 18.5 Å². The van der Waals surface area contributed by atoms with E-state index >= 15 is 0 Å². The molecule has 1 saturated heterocycles. The third kappa shape index (κ3) is 4.75.